The predicted molar refractivity (Wildman–Crippen MR) is 128 cm³/mol. The van der Waals surface area contributed by atoms with Crippen molar-refractivity contribution in [1.82, 2.24) is 9.96 Å². The SMILES string of the molecule is CON(C)C(=O)CCC[C@@H](O[Si](C)(C)C(C)(C)C)[C@@H]1COC(C)(C)N1C(=O)OC(C)(C)C. The third-order valence-corrected chi connectivity index (χ3v) is 10.8. The van der Waals surface area contributed by atoms with Crippen LogP contribution in [0.5, 0.6) is 0 Å². The van der Waals surface area contributed by atoms with Crippen molar-refractivity contribution in [2.45, 2.75) is 116 Å². The van der Waals surface area contributed by atoms with Crippen LogP contribution in [0, 0.1) is 0 Å². The maximum absolute atomic E-state index is 13.2. The van der Waals surface area contributed by atoms with Gasteiger partial charge in [0.05, 0.1) is 25.9 Å². The average Bonchev–Trinajstić information content (AvgIpc) is 2.92. The fourth-order valence-electron chi connectivity index (χ4n) is 3.37. The molecule has 0 aliphatic carbocycles. The molecule has 8 nitrogen and oxygen atoms in total. The molecule has 0 N–H and O–H groups in total. The number of carbonyl (C=O) groups is 2. The lowest BCUT2D eigenvalue weighted by atomic mass is 10.0. The monoisotopic (exact) mass is 474 g/mol. The third kappa shape index (κ3) is 7.71. The number of rotatable bonds is 8. The molecule has 32 heavy (non-hydrogen) atoms. The molecule has 188 valence electrons. The quantitative estimate of drug-likeness (QED) is 0.366. The van der Waals surface area contributed by atoms with Crippen LogP contribution in [-0.2, 0) is 23.5 Å². The Kier molecular flexibility index (Phi) is 9.39. The second-order valence-corrected chi connectivity index (χ2v) is 16.3. The van der Waals surface area contributed by atoms with Crippen molar-refractivity contribution in [3.63, 3.8) is 0 Å². The molecule has 0 unspecified atom stereocenters. The standard InChI is InChI=1S/C23H46N2O6Si/c1-21(2,3)30-20(27)25-17(16-29-23(25,7)8)18(31-32(11,12)22(4,5)6)14-13-15-19(26)24(9)28-10/h17-18H,13-16H2,1-12H3/t17-,18+/m0/s1. The minimum Gasteiger partial charge on any atom is -0.444 e. The van der Waals surface area contributed by atoms with Gasteiger partial charge in [0.2, 0.25) is 5.91 Å². The van der Waals surface area contributed by atoms with Crippen molar-refractivity contribution in [2.75, 3.05) is 20.8 Å². The van der Waals surface area contributed by atoms with Gasteiger partial charge in [0.25, 0.3) is 0 Å². The first kappa shape index (κ1) is 28.9. The highest BCUT2D eigenvalue weighted by Crippen LogP contribution is 2.40. The van der Waals surface area contributed by atoms with Crippen LogP contribution in [0.4, 0.5) is 4.79 Å². The molecule has 2 amide bonds. The molecule has 1 saturated heterocycles. The van der Waals surface area contributed by atoms with Gasteiger partial charge in [0.15, 0.2) is 8.32 Å². The van der Waals surface area contributed by atoms with E-state index in [1.165, 1.54) is 12.2 Å². The van der Waals surface area contributed by atoms with Gasteiger partial charge < -0.3 is 13.9 Å². The highest BCUT2D eigenvalue weighted by Gasteiger charge is 2.51. The summed E-state index contributed by atoms with van der Waals surface area (Å²) in [6.07, 6.45) is 0.893. The molecule has 0 saturated carbocycles. The van der Waals surface area contributed by atoms with Crippen molar-refractivity contribution < 1.29 is 28.3 Å². The Morgan fingerprint density at radius 1 is 1.19 bits per heavy atom. The van der Waals surface area contributed by atoms with E-state index in [4.69, 9.17) is 18.7 Å². The van der Waals surface area contributed by atoms with E-state index in [1.807, 2.05) is 34.6 Å². The fraction of sp³-hybridized carbons (Fsp3) is 0.913. The molecule has 0 spiro atoms. The Morgan fingerprint density at radius 2 is 1.75 bits per heavy atom. The molecular formula is C23H46N2O6Si. The lowest BCUT2D eigenvalue weighted by Crippen LogP contribution is -2.56. The number of hydrogen-bond donors (Lipinski definition) is 0. The normalized spacial score (nSPS) is 20.2. The Balaban J connectivity index is 3.17. The minimum absolute atomic E-state index is 0.00304. The van der Waals surface area contributed by atoms with Crippen molar-refractivity contribution in [3.05, 3.63) is 0 Å². The number of hydrogen-bond acceptors (Lipinski definition) is 6. The summed E-state index contributed by atoms with van der Waals surface area (Å²) in [5.41, 5.74) is -1.43. The largest absolute Gasteiger partial charge is 0.444 e. The topological polar surface area (TPSA) is 77.5 Å². The molecule has 1 aliphatic heterocycles. The molecule has 1 fully saturated rings. The molecule has 1 rings (SSSR count). The molecule has 2 atom stereocenters. The van der Waals surface area contributed by atoms with Gasteiger partial charge in [-0.1, -0.05) is 20.8 Å². The van der Waals surface area contributed by atoms with Gasteiger partial charge in [-0.3, -0.25) is 14.5 Å². The number of ether oxygens (including phenoxy) is 2. The van der Waals surface area contributed by atoms with Crippen LogP contribution in [0.2, 0.25) is 18.1 Å². The van der Waals surface area contributed by atoms with E-state index in [2.05, 4.69) is 33.9 Å². The van der Waals surface area contributed by atoms with Gasteiger partial charge in [-0.2, -0.15) is 0 Å². The van der Waals surface area contributed by atoms with Crippen LogP contribution in [0.25, 0.3) is 0 Å². The van der Waals surface area contributed by atoms with E-state index in [-0.39, 0.29) is 23.1 Å². The summed E-state index contributed by atoms with van der Waals surface area (Å²) in [5, 5.41) is 1.24. The minimum atomic E-state index is -2.15. The second-order valence-electron chi connectivity index (χ2n) is 11.6. The van der Waals surface area contributed by atoms with E-state index in [9.17, 15) is 9.59 Å². The molecule has 0 aromatic carbocycles. The summed E-state index contributed by atoms with van der Waals surface area (Å²) >= 11 is 0. The predicted octanol–water partition coefficient (Wildman–Crippen LogP) is 4.94. The summed E-state index contributed by atoms with van der Waals surface area (Å²) in [6, 6.07) is -0.302. The van der Waals surface area contributed by atoms with Crippen LogP contribution in [0.1, 0.15) is 74.7 Å². The smallest absolute Gasteiger partial charge is 0.412 e. The van der Waals surface area contributed by atoms with E-state index in [0.29, 0.717) is 25.9 Å². The lowest BCUT2D eigenvalue weighted by molar-refractivity contribution is -0.168. The Labute approximate surface area is 196 Å². The first-order valence-corrected chi connectivity index (χ1v) is 14.4. The van der Waals surface area contributed by atoms with Gasteiger partial charge in [0.1, 0.15) is 11.3 Å². The second kappa shape index (κ2) is 10.4. The first-order valence-electron chi connectivity index (χ1n) is 11.5. The van der Waals surface area contributed by atoms with Gasteiger partial charge in [-0.05, 0) is 65.6 Å². The maximum atomic E-state index is 13.2. The fourth-order valence-corrected chi connectivity index (χ4v) is 4.76. The Bertz CT molecular complexity index is 654. The molecule has 1 aliphatic rings. The van der Waals surface area contributed by atoms with Gasteiger partial charge in [-0.25, -0.2) is 9.86 Å². The number of hydroxylamine groups is 2. The van der Waals surface area contributed by atoms with E-state index in [1.54, 1.807) is 11.9 Å². The first-order chi connectivity index (χ1) is 14.3. The number of nitrogens with zero attached hydrogens (tertiary/aromatic N) is 2. The van der Waals surface area contributed by atoms with Crippen LogP contribution < -0.4 is 0 Å². The summed E-state index contributed by atoms with van der Waals surface area (Å²) in [6.45, 7) is 20.6. The zero-order valence-corrected chi connectivity index (χ0v) is 23.3. The van der Waals surface area contributed by atoms with Crippen LogP contribution in [-0.4, -0.2) is 74.5 Å². The van der Waals surface area contributed by atoms with E-state index in [0.717, 1.165) is 0 Å². The molecule has 9 heteroatoms. The summed E-state index contributed by atoms with van der Waals surface area (Å²) < 4.78 is 18.6. The zero-order valence-electron chi connectivity index (χ0n) is 22.3. The third-order valence-electron chi connectivity index (χ3n) is 6.30. The molecule has 0 bridgehead atoms. The Morgan fingerprint density at radius 3 is 2.22 bits per heavy atom. The molecule has 1 heterocycles. The van der Waals surface area contributed by atoms with Crippen molar-refractivity contribution >= 4 is 20.3 Å². The highest BCUT2D eigenvalue weighted by atomic mass is 28.4. The van der Waals surface area contributed by atoms with E-state index >= 15 is 0 Å². The van der Waals surface area contributed by atoms with Crippen LogP contribution in [0.3, 0.4) is 0 Å². The summed E-state index contributed by atoms with van der Waals surface area (Å²) in [4.78, 5) is 32.0. The number of carbonyl (C=O) groups excluding carboxylic acids is 2. The van der Waals surface area contributed by atoms with Gasteiger partial charge >= 0.3 is 6.09 Å². The molecular weight excluding hydrogens is 428 g/mol. The maximum Gasteiger partial charge on any atom is 0.412 e. The van der Waals surface area contributed by atoms with Crippen molar-refractivity contribution in [1.29, 1.82) is 0 Å². The highest BCUT2D eigenvalue weighted by molar-refractivity contribution is 6.74. The van der Waals surface area contributed by atoms with Gasteiger partial charge in [-0.15, -0.1) is 0 Å². The van der Waals surface area contributed by atoms with Crippen molar-refractivity contribution in [3.8, 4) is 0 Å². The number of amides is 2. The lowest BCUT2D eigenvalue weighted by Gasteiger charge is -2.43. The van der Waals surface area contributed by atoms with Crippen LogP contribution in [0.15, 0.2) is 0 Å². The zero-order chi connectivity index (χ0) is 25.1. The summed E-state index contributed by atoms with van der Waals surface area (Å²) in [5.74, 6) is -0.0921. The van der Waals surface area contributed by atoms with E-state index < -0.39 is 25.7 Å². The van der Waals surface area contributed by atoms with Gasteiger partial charge in [0, 0.05) is 13.5 Å². The molecule has 0 aromatic heterocycles. The molecule has 0 aromatic rings. The van der Waals surface area contributed by atoms with Crippen LogP contribution >= 0.6 is 0 Å². The average molecular weight is 475 g/mol. The Hall–Kier alpha value is -1.16. The van der Waals surface area contributed by atoms with Crippen molar-refractivity contribution in [2.24, 2.45) is 0 Å². The molecule has 0 radical (unpaired) electrons. The summed E-state index contributed by atoms with van der Waals surface area (Å²) in [7, 11) is 0.918.